The number of carbonyl (C=O) groups is 1. The molecule has 0 spiro atoms. The van der Waals surface area contributed by atoms with E-state index in [1.807, 2.05) is 25.1 Å². The minimum absolute atomic E-state index is 0.0299. The number of rotatable bonds is 9. The van der Waals surface area contributed by atoms with Gasteiger partial charge in [-0.3, -0.25) is 4.79 Å². The SMILES string of the molecule is C[C@@H](CCc1ccccc1)NC(=O)COc1ccc(S(=O)(=O)NC(C)(C)C)cc1. The van der Waals surface area contributed by atoms with E-state index in [9.17, 15) is 13.2 Å². The molecule has 6 nitrogen and oxygen atoms in total. The summed E-state index contributed by atoms with van der Waals surface area (Å²) in [5, 5.41) is 2.91. The number of sulfonamides is 1. The lowest BCUT2D eigenvalue weighted by atomic mass is 10.1. The fraction of sp³-hybridized carbons (Fsp3) is 0.409. The van der Waals surface area contributed by atoms with Gasteiger partial charge in [-0.1, -0.05) is 30.3 Å². The third-order valence-corrected chi connectivity index (χ3v) is 5.83. The van der Waals surface area contributed by atoms with Crippen LogP contribution in [0.25, 0.3) is 0 Å². The zero-order chi connectivity index (χ0) is 21.5. The third kappa shape index (κ3) is 8.25. The van der Waals surface area contributed by atoms with Gasteiger partial charge in [0.1, 0.15) is 5.75 Å². The van der Waals surface area contributed by atoms with Crippen LogP contribution in [0, 0.1) is 0 Å². The first-order chi connectivity index (χ1) is 13.5. The number of ether oxygens (including phenoxy) is 1. The molecule has 0 radical (unpaired) electrons. The van der Waals surface area contributed by atoms with Crippen LogP contribution >= 0.6 is 0 Å². The van der Waals surface area contributed by atoms with Crippen LogP contribution in [-0.4, -0.2) is 32.5 Å². The minimum atomic E-state index is -3.60. The molecule has 0 aromatic heterocycles. The predicted molar refractivity (Wildman–Crippen MR) is 114 cm³/mol. The Balaban J connectivity index is 1.79. The molecule has 0 saturated heterocycles. The van der Waals surface area contributed by atoms with Crippen molar-refractivity contribution in [3.8, 4) is 5.75 Å². The normalized spacial score (nSPS) is 13.0. The van der Waals surface area contributed by atoms with Crippen LogP contribution in [-0.2, 0) is 21.2 Å². The summed E-state index contributed by atoms with van der Waals surface area (Å²) in [4.78, 5) is 12.2. The summed E-state index contributed by atoms with van der Waals surface area (Å²) in [7, 11) is -3.60. The van der Waals surface area contributed by atoms with Crippen LogP contribution in [0.1, 0.15) is 39.7 Å². The van der Waals surface area contributed by atoms with Gasteiger partial charge >= 0.3 is 0 Å². The van der Waals surface area contributed by atoms with E-state index in [0.29, 0.717) is 5.75 Å². The molecular weight excluding hydrogens is 388 g/mol. The maximum absolute atomic E-state index is 12.3. The molecular formula is C22H30N2O4S. The molecule has 0 aliphatic rings. The van der Waals surface area contributed by atoms with Crippen molar-refractivity contribution >= 4 is 15.9 Å². The maximum atomic E-state index is 12.3. The van der Waals surface area contributed by atoms with Gasteiger partial charge in [0.05, 0.1) is 4.90 Å². The highest BCUT2D eigenvalue weighted by Gasteiger charge is 2.21. The van der Waals surface area contributed by atoms with Crippen LogP contribution in [0.5, 0.6) is 5.75 Å². The smallest absolute Gasteiger partial charge is 0.258 e. The highest BCUT2D eigenvalue weighted by atomic mass is 32.2. The van der Waals surface area contributed by atoms with E-state index >= 15 is 0 Å². The summed E-state index contributed by atoms with van der Waals surface area (Å²) in [6, 6.07) is 16.2. The maximum Gasteiger partial charge on any atom is 0.258 e. The largest absolute Gasteiger partial charge is 0.484 e. The van der Waals surface area contributed by atoms with Crippen LogP contribution in [0.4, 0.5) is 0 Å². The lowest BCUT2D eigenvalue weighted by molar-refractivity contribution is -0.123. The van der Waals surface area contributed by atoms with E-state index in [4.69, 9.17) is 4.74 Å². The highest BCUT2D eigenvalue weighted by molar-refractivity contribution is 7.89. The van der Waals surface area contributed by atoms with Gasteiger partial charge in [-0.05, 0) is 70.4 Å². The Bertz CT molecular complexity index is 889. The van der Waals surface area contributed by atoms with E-state index in [1.165, 1.54) is 17.7 Å². The lowest BCUT2D eigenvalue weighted by Gasteiger charge is -2.20. The van der Waals surface area contributed by atoms with E-state index in [2.05, 4.69) is 22.2 Å². The molecule has 0 aliphatic carbocycles. The average molecular weight is 419 g/mol. The molecule has 0 heterocycles. The molecule has 2 N–H and O–H groups in total. The first kappa shape index (κ1) is 22.9. The number of amides is 1. The Morgan fingerprint density at radius 2 is 1.66 bits per heavy atom. The Hall–Kier alpha value is -2.38. The molecule has 0 saturated carbocycles. The first-order valence-electron chi connectivity index (χ1n) is 9.65. The predicted octanol–water partition coefficient (Wildman–Crippen LogP) is 3.28. The topological polar surface area (TPSA) is 84.5 Å². The monoisotopic (exact) mass is 418 g/mol. The number of hydrogen-bond donors (Lipinski definition) is 2. The van der Waals surface area contributed by atoms with Gasteiger partial charge in [0.25, 0.3) is 5.91 Å². The number of hydrogen-bond acceptors (Lipinski definition) is 4. The van der Waals surface area contributed by atoms with E-state index in [1.54, 1.807) is 32.9 Å². The second-order valence-electron chi connectivity index (χ2n) is 8.11. The minimum Gasteiger partial charge on any atom is -0.484 e. The molecule has 2 rings (SSSR count). The third-order valence-electron chi connectivity index (χ3n) is 4.06. The van der Waals surface area contributed by atoms with E-state index in [0.717, 1.165) is 12.8 Å². The fourth-order valence-corrected chi connectivity index (χ4v) is 4.16. The van der Waals surface area contributed by atoms with Crippen molar-refractivity contribution in [3.63, 3.8) is 0 Å². The molecule has 0 aliphatic heterocycles. The Morgan fingerprint density at radius 1 is 1.03 bits per heavy atom. The molecule has 7 heteroatoms. The van der Waals surface area contributed by atoms with Crippen LogP contribution in [0.3, 0.4) is 0 Å². The second kappa shape index (κ2) is 9.89. The van der Waals surface area contributed by atoms with Crippen molar-refractivity contribution in [2.75, 3.05) is 6.61 Å². The molecule has 2 aromatic rings. The molecule has 0 unspecified atom stereocenters. The number of aryl methyl sites for hydroxylation is 1. The van der Waals surface area contributed by atoms with Gasteiger partial charge in [0, 0.05) is 11.6 Å². The van der Waals surface area contributed by atoms with Crippen LogP contribution < -0.4 is 14.8 Å². The number of carbonyl (C=O) groups excluding carboxylic acids is 1. The molecule has 2 aromatic carbocycles. The first-order valence-corrected chi connectivity index (χ1v) is 11.1. The van der Waals surface area contributed by atoms with Crippen molar-refractivity contribution in [1.82, 2.24) is 10.0 Å². The molecule has 1 amide bonds. The van der Waals surface area contributed by atoms with E-state index < -0.39 is 15.6 Å². The van der Waals surface area contributed by atoms with Gasteiger partial charge in [0.15, 0.2) is 6.61 Å². The van der Waals surface area contributed by atoms with Crippen molar-refractivity contribution in [2.45, 2.75) is 57.0 Å². The van der Waals surface area contributed by atoms with Crippen LogP contribution in [0.2, 0.25) is 0 Å². The van der Waals surface area contributed by atoms with Crippen LogP contribution in [0.15, 0.2) is 59.5 Å². The molecule has 158 valence electrons. The van der Waals surface area contributed by atoms with Gasteiger partial charge in [-0.15, -0.1) is 0 Å². The number of nitrogens with one attached hydrogen (secondary N) is 2. The number of benzene rings is 2. The van der Waals surface area contributed by atoms with Gasteiger partial charge < -0.3 is 10.1 Å². The van der Waals surface area contributed by atoms with Crippen molar-refractivity contribution in [2.24, 2.45) is 0 Å². The Kier molecular flexibility index (Phi) is 7.81. The quantitative estimate of drug-likeness (QED) is 0.655. The van der Waals surface area contributed by atoms with Gasteiger partial charge in [-0.25, -0.2) is 13.1 Å². The molecule has 0 fully saturated rings. The zero-order valence-electron chi connectivity index (χ0n) is 17.4. The molecule has 0 bridgehead atoms. The summed E-state index contributed by atoms with van der Waals surface area (Å²) in [5.74, 6) is 0.225. The zero-order valence-corrected chi connectivity index (χ0v) is 18.3. The highest BCUT2D eigenvalue weighted by Crippen LogP contribution is 2.17. The molecule has 1 atom stereocenters. The van der Waals surface area contributed by atoms with Gasteiger partial charge in [0.2, 0.25) is 10.0 Å². The van der Waals surface area contributed by atoms with Crippen molar-refractivity contribution in [1.29, 1.82) is 0 Å². The van der Waals surface area contributed by atoms with Gasteiger partial charge in [-0.2, -0.15) is 0 Å². The van der Waals surface area contributed by atoms with Crippen molar-refractivity contribution in [3.05, 3.63) is 60.2 Å². The summed E-state index contributed by atoms with van der Waals surface area (Å²) >= 11 is 0. The standard InChI is InChI=1S/C22H30N2O4S/c1-17(10-11-18-8-6-5-7-9-18)23-21(25)16-28-19-12-14-20(15-13-19)29(26,27)24-22(2,3)4/h5-9,12-15,17,24H,10-11,16H2,1-4H3,(H,23,25)/t17-/m0/s1. The summed E-state index contributed by atoms with van der Waals surface area (Å²) in [6.45, 7) is 7.18. The Labute approximate surface area is 173 Å². The summed E-state index contributed by atoms with van der Waals surface area (Å²) < 4.78 is 32.7. The van der Waals surface area contributed by atoms with Crippen molar-refractivity contribution < 1.29 is 17.9 Å². The summed E-state index contributed by atoms with van der Waals surface area (Å²) in [6.07, 6.45) is 1.73. The average Bonchev–Trinajstić information content (AvgIpc) is 2.64. The fourth-order valence-electron chi connectivity index (χ4n) is 2.74. The second-order valence-corrected chi connectivity index (χ2v) is 9.79. The summed E-state index contributed by atoms with van der Waals surface area (Å²) in [5.41, 5.74) is 0.671. The Morgan fingerprint density at radius 3 is 2.24 bits per heavy atom. The van der Waals surface area contributed by atoms with E-state index in [-0.39, 0.29) is 23.5 Å². The lowest BCUT2D eigenvalue weighted by Crippen LogP contribution is -2.40. The molecule has 29 heavy (non-hydrogen) atoms.